The molecular formula is C5H10ClN3O2S. The first-order valence-electron chi connectivity index (χ1n) is 2.91. The molecule has 0 saturated heterocycles. The number of halogens is 1. The van der Waals surface area contributed by atoms with E-state index < -0.39 is 9.84 Å². The maximum atomic E-state index is 11.0. The number of hydrogen-bond acceptors (Lipinski definition) is 4. The lowest BCUT2D eigenvalue weighted by Gasteiger charge is -1.95. The van der Waals surface area contributed by atoms with Gasteiger partial charge in [0.2, 0.25) is 0 Å². The van der Waals surface area contributed by atoms with Crippen LogP contribution in [-0.4, -0.2) is 24.5 Å². The molecule has 1 aromatic rings. The van der Waals surface area contributed by atoms with Gasteiger partial charge in [0, 0.05) is 19.4 Å². The molecule has 1 aromatic heterocycles. The van der Waals surface area contributed by atoms with Crippen LogP contribution in [0.2, 0.25) is 0 Å². The molecule has 0 amide bonds. The molecule has 0 spiro atoms. The van der Waals surface area contributed by atoms with Crippen LogP contribution < -0.4 is 5.73 Å². The van der Waals surface area contributed by atoms with E-state index in [1.165, 1.54) is 17.8 Å². The fourth-order valence-electron chi connectivity index (χ4n) is 0.818. The quantitative estimate of drug-likeness (QED) is 0.700. The molecule has 0 fully saturated rings. The van der Waals surface area contributed by atoms with Crippen molar-refractivity contribution in [1.29, 1.82) is 0 Å². The Bertz CT molecular complexity index is 370. The van der Waals surface area contributed by atoms with Gasteiger partial charge in [-0.25, -0.2) is 8.42 Å². The van der Waals surface area contributed by atoms with Gasteiger partial charge in [-0.05, 0) is 0 Å². The van der Waals surface area contributed by atoms with Crippen LogP contribution in [0.15, 0.2) is 11.1 Å². The summed E-state index contributed by atoms with van der Waals surface area (Å²) in [6.07, 6.45) is 1.11. The molecule has 0 aromatic carbocycles. The van der Waals surface area contributed by atoms with Gasteiger partial charge < -0.3 is 5.73 Å². The molecule has 0 aliphatic carbocycles. The van der Waals surface area contributed by atoms with E-state index >= 15 is 0 Å². The largest absolute Gasteiger partial charge is 0.382 e. The van der Waals surface area contributed by atoms with Crippen LogP contribution in [0.25, 0.3) is 0 Å². The molecule has 0 saturated carbocycles. The van der Waals surface area contributed by atoms with E-state index in [1.54, 1.807) is 0 Å². The van der Waals surface area contributed by atoms with Crippen molar-refractivity contribution >= 4 is 28.1 Å². The van der Waals surface area contributed by atoms with E-state index in [4.69, 9.17) is 5.73 Å². The van der Waals surface area contributed by atoms with Crippen molar-refractivity contribution in [2.45, 2.75) is 5.03 Å². The van der Waals surface area contributed by atoms with Crippen molar-refractivity contribution in [3.63, 3.8) is 0 Å². The average molecular weight is 212 g/mol. The number of sulfone groups is 1. The molecule has 0 bridgehead atoms. The first-order chi connectivity index (χ1) is 4.91. The molecule has 5 nitrogen and oxygen atoms in total. The van der Waals surface area contributed by atoms with Crippen molar-refractivity contribution in [1.82, 2.24) is 9.78 Å². The number of aromatic nitrogens is 2. The Morgan fingerprint density at radius 3 is 2.25 bits per heavy atom. The highest BCUT2D eigenvalue weighted by atomic mass is 35.5. The van der Waals surface area contributed by atoms with E-state index in [1.807, 2.05) is 0 Å². The Balaban J connectivity index is 0.00000121. The Morgan fingerprint density at radius 1 is 1.58 bits per heavy atom. The molecule has 7 heteroatoms. The van der Waals surface area contributed by atoms with Gasteiger partial charge in [0.15, 0.2) is 14.9 Å². The molecule has 0 unspecified atom stereocenters. The lowest BCUT2D eigenvalue weighted by atomic mass is 10.7. The fourth-order valence-corrected chi connectivity index (χ4v) is 1.67. The lowest BCUT2D eigenvalue weighted by molar-refractivity contribution is 0.583. The van der Waals surface area contributed by atoms with Crippen LogP contribution in [-0.2, 0) is 16.9 Å². The first kappa shape index (κ1) is 11.2. The van der Waals surface area contributed by atoms with Gasteiger partial charge in [0.25, 0.3) is 0 Å². The Hall–Kier alpha value is -0.750. The molecule has 0 aliphatic rings. The smallest absolute Gasteiger partial charge is 0.192 e. The van der Waals surface area contributed by atoms with E-state index in [0.717, 1.165) is 6.26 Å². The monoisotopic (exact) mass is 211 g/mol. The zero-order chi connectivity index (χ0) is 8.65. The van der Waals surface area contributed by atoms with Crippen LogP contribution in [0, 0.1) is 0 Å². The van der Waals surface area contributed by atoms with E-state index in [0.29, 0.717) is 0 Å². The van der Waals surface area contributed by atoms with Crippen molar-refractivity contribution in [2.24, 2.45) is 7.05 Å². The molecule has 1 rings (SSSR count). The normalized spacial score (nSPS) is 10.8. The number of nitrogen functional groups attached to an aromatic ring is 1. The second kappa shape index (κ2) is 3.32. The summed E-state index contributed by atoms with van der Waals surface area (Å²) in [7, 11) is -1.66. The summed E-state index contributed by atoms with van der Waals surface area (Å²) in [6.45, 7) is 0. The third-order valence-electron chi connectivity index (χ3n) is 1.24. The highest BCUT2D eigenvalue weighted by Gasteiger charge is 2.12. The van der Waals surface area contributed by atoms with Crippen LogP contribution in [0.5, 0.6) is 0 Å². The predicted octanol–water partition coefficient (Wildman–Crippen LogP) is -0.172. The van der Waals surface area contributed by atoms with Crippen LogP contribution in [0.4, 0.5) is 5.82 Å². The number of nitrogens with zero attached hydrogens (tertiary/aromatic N) is 2. The van der Waals surface area contributed by atoms with Crippen LogP contribution in [0.3, 0.4) is 0 Å². The van der Waals surface area contributed by atoms with E-state index in [2.05, 4.69) is 5.10 Å². The molecule has 12 heavy (non-hydrogen) atoms. The topological polar surface area (TPSA) is 78.0 Å². The van der Waals surface area contributed by atoms with Crippen molar-refractivity contribution in [3.05, 3.63) is 6.07 Å². The molecule has 70 valence electrons. The highest BCUT2D eigenvalue weighted by Crippen LogP contribution is 2.10. The lowest BCUT2D eigenvalue weighted by Crippen LogP contribution is -2.04. The molecular weight excluding hydrogens is 202 g/mol. The van der Waals surface area contributed by atoms with Gasteiger partial charge in [0.1, 0.15) is 5.82 Å². The number of aryl methyl sites for hydroxylation is 1. The Kier molecular flexibility index (Phi) is 3.11. The molecule has 0 aliphatic heterocycles. The third kappa shape index (κ3) is 2.12. The molecule has 2 N–H and O–H groups in total. The number of anilines is 1. The number of hydrogen-bond donors (Lipinski definition) is 1. The Morgan fingerprint density at radius 2 is 2.08 bits per heavy atom. The second-order valence-electron chi connectivity index (χ2n) is 2.30. The van der Waals surface area contributed by atoms with Gasteiger partial charge >= 0.3 is 0 Å². The average Bonchev–Trinajstić information content (AvgIpc) is 2.08. The summed E-state index contributed by atoms with van der Waals surface area (Å²) in [6, 6.07) is 1.33. The number of nitrogens with two attached hydrogens (primary N) is 1. The third-order valence-corrected chi connectivity index (χ3v) is 2.38. The van der Waals surface area contributed by atoms with Gasteiger partial charge in [-0.3, -0.25) is 4.68 Å². The van der Waals surface area contributed by atoms with Gasteiger partial charge in [-0.1, -0.05) is 0 Å². The summed E-state index contributed by atoms with van der Waals surface area (Å²) >= 11 is 0. The van der Waals surface area contributed by atoms with Gasteiger partial charge in [-0.2, -0.15) is 5.10 Å². The highest BCUT2D eigenvalue weighted by molar-refractivity contribution is 7.90. The Labute approximate surface area is 76.9 Å². The maximum absolute atomic E-state index is 11.0. The summed E-state index contributed by atoms with van der Waals surface area (Å²) in [5.74, 6) is 0.216. The van der Waals surface area contributed by atoms with Gasteiger partial charge in [-0.15, -0.1) is 12.4 Å². The molecule has 1 heterocycles. The van der Waals surface area contributed by atoms with E-state index in [9.17, 15) is 8.42 Å². The first-order valence-corrected chi connectivity index (χ1v) is 4.80. The minimum atomic E-state index is -3.19. The van der Waals surface area contributed by atoms with Crippen molar-refractivity contribution in [2.75, 3.05) is 12.0 Å². The zero-order valence-electron chi connectivity index (χ0n) is 6.68. The maximum Gasteiger partial charge on any atom is 0.192 e. The van der Waals surface area contributed by atoms with Gasteiger partial charge in [0.05, 0.1) is 0 Å². The summed E-state index contributed by atoms with van der Waals surface area (Å²) < 4.78 is 23.1. The SMILES string of the molecule is Cl.Cn1nc(N)cc1S(C)(=O)=O. The van der Waals surface area contributed by atoms with Crippen molar-refractivity contribution < 1.29 is 8.42 Å². The minimum absolute atomic E-state index is 0. The zero-order valence-corrected chi connectivity index (χ0v) is 8.32. The van der Waals surface area contributed by atoms with Crippen LogP contribution >= 0.6 is 12.4 Å². The molecule has 0 radical (unpaired) electrons. The number of rotatable bonds is 1. The molecule has 0 atom stereocenters. The predicted molar refractivity (Wildman–Crippen MR) is 48.0 cm³/mol. The standard InChI is InChI=1S/C5H9N3O2S.ClH/c1-8-5(11(2,9)10)3-4(6)7-8;/h3H,1-2H3,(H2,6,7);1H. The second-order valence-corrected chi connectivity index (χ2v) is 4.27. The summed E-state index contributed by atoms with van der Waals surface area (Å²) in [5, 5.41) is 3.83. The van der Waals surface area contributed by atoms with E-state index in [-0.39, 0.29) is 23.3 Å². The van der Waals surface area contributed by atoms with Crippen LogP contribution in [0.1, 0.15) is 0 Å². The fraction of sp³-hybridized carbons (Fsp3) is 0.400. The summed E-state index contributed by atoms with van der Waals surface area (Å²) in [4.78, 5) is 0. The van der Waals surface area contributed by atoms with Crippen molar-refractivity contribution in [3.8, 4) is 0 Å². The summed E-state index contributed by atoms with van der Waals surface area (Å²) in [5.41, 5.74) is 5.28. The minimum Gasteiger partial charge on any atom is -0.382 e.